The molecule has 0 radical (unpaired) electrons. The Hall–Kier alpha value is -3.68. The lowest BCUT2D eigenvalue weighted by Crippen LogP contribution is -2.37. The van der Waals surface area contributed by atoms with E-state index in [4.69, 9.17) is 10.5 Å². The molecule has 1 aliphatic heterocycles. The van der Waals surface area contributed by atoms with Crippen LogP contribution >= 0.6 is 11.3 Å². The molecule has 7 heteroatoms. The average Bonchev–Trinajstić information content (AvgIpc) is 3.36. The summed E-state index contributed by atoms with van der Waals surface area (Å²) in [7, 11) is 0. The number of nitrogen functional groups attached to an aromatic ring is 1. The highest BCUT2D eigenvalue weighted by Crippen LogP contribution is 2.39. The van der Waals surface area contributed by atoms with Crippen LogP contribution in [0.5, 0.6) is 11.5 Å². The van der Waals surface area contributed by atoms with E-state index in [0.717, 1.165) is 57.9 Å². The van der Waals surface area contributed by atoms with Gasteiger partial charge in [0.05, 0.1) is 0 Å². The molecular formula is C29H30N4O2S. The van der Waals surface area contributed by atoms with Crippen molar-refractivity contribution in [3.05, 3.63) is 77.8 Å². The van der Waals surface area contributed by atoms with E-state index in [2.05, 4.69) is 20.6 Å². The van der Waals surface area contributed by atoms with Crippen LogP contribution in [0.25, 0.3) is 27.3 Å². The molecule has 1 amide bonds. The minimum atomic E-state index is -0.0947. The average molecular weight is 499 g/mol. The molecule has 184 valence electrons. The van der Waals surface area contributed by atoms with Crippen LogP contribution in [0.1, 0.15) is 24.8 Å². The summed E-state index contributed by atoms with van der Waals surface area (Å²) in [6.45, 7) is 3.82. The van der Waals surface area contributed by atoms with Crippen LogP contribution in [-0.4, -0.2) is 42.0 Å². The Labute approximate surface area is 215 Å². The summed E-state index contributed by atoms with van der Waals surface area (Å²) in [4.78, 5) is 19.2. The fourth-order valence-corrected chi connectivity index (χ4v) is 5.57. The first-order valence-corrected chi connectivity index (χ1v) is 13.2. The molecule has 0 saturated carbocycles. The summed E-state index contributed by atoms with van der Waals surface area (Å²) >= 11 is 1.60. The molecule has 0 spiro atoms. The number of ether oxygens (including phenoxy) is 1. The van der Waals surface area contributed by atoms with Gasteiger partial charge in [0.2, 0.25) is 5.91 Å². The number of aromatic nitrogens is 1. The van der Waals surface area contributed by atoms with E-state index in [0.29, 0.717) is 12.4 Å². The van der Waals surface area contributed by atoms with Crippen LogP contribution < -0.4 is 15.8 Å². The molecule has 5 rings (SSSR count). The molecule has 2 aromatic heterocycles. The lowest BCUT2D eigenvalue weighted by molar-refractivity contribution is -0.116. The molecule has 3 N–H and O–H groups in total. The van der Waals surface area contributed by atoms with E-state index in [1.807, 2.05) is 60.7 Å². The molecule has 0 aliphatic carbocycles. The Balaban J connectivity index is 1.28. The number of rotatable bonds is 8. The number of benzene rings is 2. The Morgan fingerprint density at radius 1 is 1.06 bits per heavy atom. The second-order valence-electron chi connectivity index (χ2n) is 8.92. The van der Waals surface area contributed by atoms with Crippen LogP contribution in [-0.2, 0) is 4.79 Å². The number of nitrogens with two attached hydrogens (primary N) is 1. The van der Waals surface area contributed by atoms with Crippen molar-refractivity contribution in [3.8, 4) is 22.6 Å². The van der Waals surface area contributed by atoms with Gasteiger partial charge in [0.15, 0.2) is 0 Å². The second kappa shape index (κ2) is 11.4. The van der Waals surface area contributed by atoms with Crippen LogP contribution in [0.4, 0.5) is 5.82 Å². The summed E-state index contributed by atoms with van der Waals surface area (Å²) in [5.41, 5.74) is 9.23. The fraction of sp³-hybridized carbons (Fsp3) is 0.241. The van der Waals surface area contributed by atoms with E-state index < -0.39 is 0 Å². The van der Waals surface area contributed by atoms with Gasteiger partial charge in [-0.05, 0) is 67.2 Å². The number of likely N-dealkylation sites (tertiary alicyclic amines) is 1. The molecular weight excluding hydrogens is 468 g/mol. The Bertz CT molecular complexity index is 1340. The van der Waals surface area contributed by atoms with Gasteiger partial charge in [-0.3, -0.25) is 4.79 Å². The minimum Gasteiger partial charge on any atom is -0.457 e. The number of fused-ring (bicyclic) bond motifs is 1. The number of carbonyl (C=O) groups is 1. The normalized spacial score (nSPS) is 14.3. The smallest absolute Gasteiger partial charge is 0.244 e. The standard InChI is InChI=1S/C29H30N4O2S/c30-29-27-25(21-9-12-24(13-10-21)35-23-7-3-1-4-8-23)20-36-28(27)22(19-32-29)11-14-26(34)31-15-18-33-16-5-2-6-17-33/h1,3-4,7-14,19-20H,2,5-6,15-18H2,(H2,30,32)(H,31,34). The van der Waals surface area contributed by atoms with Gasteiger partial charge in [-0.15, -0.1) is 11.3 Å². The maximum absolute atomic E-state index is 12.4. The quantitative estimate of drug-likeness (QED) is 0.293. The Kier molecular flexibility index (Phi) is 7.59. The maximum Gasteiger partial charge on any atom is 0.244 e. The summed E-state index contributed by atoms with van der Waals surface area (Å²) in [6, 6.07) is 17.7. The number of nitrogens with one attached hydrogen (secondary N) is 1. The zero-order chi connectivity index (χ0) is 24.7. The van der Waals surface area contributed by atoms with Gasteiger partial charge in [0.25, 0.3) is 0 Å². The highest BCUT2D eigenvalue weighted by atomic mass is 32.1. The van der Waals surface area contributed by atoms with E-state index in [1.54, 1.807) is 23.6 Å². The Morgan fingerprint density at radius 2 is 1.81 bits per heavy atom. The van der Waals surface area contributed by atoms with Crippen LogP contribution in [0.3, 0.4) is 0 Å². The van der Waals surface area contributed by atoms with Crippen LogP contribution in [0.2, 0.25) is 0 Å². The molecule has 1 aliphatic rings. The van der Waals surface area contributed by atoms with E-state index in [1.165, 1.54) is 19.3 Å². The predicted molar refractivity (Wildman–Crippen MR) is 148 cm³/mol. The second-order valence-corrected chi connectivity index (χ2v) is 9.80. The third-order valence-corrected chi connectivity index (χ3v) is 7.42. The van der Waals surface area contributed by atoms with Crippen molar-refractivity contribution in [2.75, 3.05) is 31.9 Å². The summed E-state index contributed by atoms with van der Waals surface area (Å²) < 4.78 is 6.93. The lowest BCUT2D eigenvalue weighted by Gasteiger charge is -2.26. The number of piperidine rings is 1. The van der Waals surface area contributed by atoms with Crippen molar-refractivity contribution in [1.82, 2.24) is 15.2 Å². The van der Waals surface area contributed by atoms with Crippen molar-refractivity contribution in [2.45, 2.75) is 19.3 Å². The molecule has 36 heavy (non-hydrogen) atoms. The molecule has 0 unspecified atom stereocenters. The summed E-state index contributed by atoms with van der Waals surface area (Å²) in [5.74, 6) is 1.95. The van der Waals surface area contributed by atoms with Gasteiger partial charge >= 0.3 is 0 Å². The number of hydrogen-bond acceptors (Lipinski definition) is 6. The van der Waals surface area contributed by atoms with Gasteiger partial charge in [0, 0.05) is 46.6 Å². The van der Waals surface area contributed by atoms with Gasteiger partial charge in [-0.2, -0.15) is 0 Å². The van der Waals surface area contributed by atoms with Gasteiger partial charge in [0.1, 0.15) is 17.3 Å². The van der Waals surface area contributed by atoms with E-state index in [-0.39, 0.29) is 5.91 Å². The molecule has 1 saturated heterocycles. The van der Waals surface area contributed by atoms with Crippen LogP contribution in [0, 0.1) is 0 Å². The van der Waals surface area contributed by atoms with Crippen molar-refractivity contribution in [1.29, 1.82) is 0 Å². The number of thiophene rings is 1. The highest BCUT2D eigenvalue weighted by Gasteiger charge is 2.14. The molecule has 0 atom stereocenters. The van der Waals surface area contributed by atoms with Crippen molar-refractivity contribution >= 4 is 39.2 Å². The third-order valence-electron chi connectivity index (χ3n) is 6.39. The van der Waals surface area contributed by atoms with Crippen molar-refractivity contribution in [2.24, 2.45) is 0 Å². The zero-order valence-electron chi connectivity index (χ0n) is 20.2. The number of carbonyl (C=O) groups excluding carboxylic acids is 1. The molecule has 4 aromatic rings. The van der Waals surface area contributed by atoms with Gasteiger partial charge < -0.3 is 20.7 Å². The molecule has 0 bridgehead atoms. The van der Waals surface area contributed by atoms with E-state index >= 15 is 0 Å². The number of para-hydroxylation sites is 1. The molecule has 2 aromatic carbocycles. The lowest BCUT2D eigenvalue weighted by atomic mass is 10.0. The van der Waals surface area contributed by atoms with E-state index in [9.17, 15) is 4.79 Å². The van der Waals surface area contributed by atoms with Crippen LogP contribution in [0.15, 0.2) is 72.3 Å². The van der Waals surface area contributed by atoms with Crippen molar-refractivity contribution < 1.29 is 9.53 Å². The summed E-state index contributed by atoms with van der Waals surface area (Å²) in [6.07, 6.45) is 8.95. The number of amides is 1. The first-order valence-electron chi connectivity index (χ1n) is 12.3. The van der Waals surface area contributed by atoms with Gasteiger partial charge in [-0.25, -0.2) is 4.98 Å². The first-order chi connectivity index (χ1) is 17.7. The Morgan fingerprint density at radius 3 is 2.58 bits per heavy atom. The maximum atomic E-state index is 12.4. The number of anilines is 1. The van der Waals surface area contributed by atoms with Crippen molar-refractivity contribution in [3.63, 3.8) is 0 Å². The number of pyridine rings is 1. The number of hydrogen-bond donors (Lipinski definition) is 2. The fourth-order valence-electron chi connectivity index (χ4n) is 4.49. The topological polar surface area (TPSA) is 80.5 Å². The van der Waals surface area contributed by atoms with Gasteiger partial charge in [-0.1, -0.05) is 36.8 Å². The third kappa shape index (κ3) is 5.75. The molecule has 6 nitrogen and oxygen atoms in total. The predicted octanol–water partition coefficient (Wildman–Crippen LogP) is 5.95. The zero-order valence-corrected chi connectivity index (χ0v) is 21.0. The molecule has 3 heterocycles. The SMILES string of the molecule is Nc1ncc(C=CC(=O)NCCN2CCCCC2)c2scc(-c3ccc(Oc4ccccc4)cc3)c12. The number of nitrogens with zero attached hydrogens (tertiary/aromatic N) is 2. The molecule has 1 fully saturated rings. The summed E-state index contributed by atoms with van der Waals surface area (Å²) in [5, 5.41) is 5.99. The largest absolute Gasteiger partial charge is 0.457 e. The monoisotopic (exact) mass is 498 g/mol. The first kappa shape index (κ1) is 24.0. The highest BCUT2D eigenvalue weighted by molar-refractivity contribution is 7.18. The minimum absolute atomic E-state index is 0.0947.